The number of nitrogens with two attached hydrogens (primary N) is 1. The van der Waals surface area contributed by atoms with E-state index >= 15 is 0 Å². The molecule has 1 aromatic heterocycles. The maximum absolute atomic E-state index is 8.98. The molecule has 4 heteroatoms. The van der Waals surface area contributed by atoms with Crippen molar-refractivity contribution in [2.45, 2.75) is 13.8 Å². The second kappa shape index (κ2) is 4.52. The summed E-state index contributed by atoms with van der Waals surface area (Å²) in [7, 11) is 0. The maximum Gasteiger partial charge on any atom is 0.128 e. The number of nitriles is 1. The Kier molecular flexibility index (Phi) is 3.23. The van der Waals surface area contributed by atoms with Gasteiger partial charge in [-0.3, -0.25) is 0 Å². The van der Waals surface area contributed by atoms with E-state index in [4.69, 9.17) is 11.0 Å². The molecule has 1 heterocycles. The number of thiophene rings is 1. The van der Waals surface area contributed by atoms with E-state index in [0.717, 1.165) is 20.5 Å². The van der Waals surface area contributed by atoms with Gasteiger partial charge in [0.05, 0.1) is 5.69 Å². The molecule has 0 spiro atoms. The van der Waals surface area contributed by atoms with Gasteiger partial charge < -0.3 is 5.73 Å². The summed E-state index contributed by atoms with van der Waals surface area (Å²) in [6.45, 7) is 4.00. The molecule has 0 aliphatic carbocycles. The number of aryl methyl sites for hydroxylation is 1. The van der Waals surface area contributed by atoms with E-state index in [1.165, 1.54) is 16.9 Å². The zero-order chi connectivity index (χ0) is 12.6. The molecule has 0 saturated carbocycles. The first kappa shape index (κ1) is 12.2. The molecule has 0 atom stereocenters. The van der Waals surface area contributed by atoms with E-state index < -0.39 is 0 Å². The topological polar surface area (TPSA) is 49.8 Å². The van der Waals surface area contributed by atoms with Crippen LogP contribution in [0, 0.1) is 25.2 Å². The lowest BCUT2D eigenvalue weighted by molar-refractivity contribution is 1.44. The Bertz CT molecular complexity index is 603. The number of nitrogens with zero attached hydrogens (tertiary/aromatic N) is 1. The predicted molar refractivity (Wildman–Crippen MR) is 76.1 cm³/mol. The molecular weight excluding hydrogens is 296 g/mol. The number of hydrogen-bond acceptors (Lipinski definition) is 3. The van der Waals surface area contributed by atoms with Crippen molar-refractivity contribution in [3.63, 3.8) is 0 Å². The maximum atomic E-state index is 8.98. The molecule has 2 N–H and O–H groups in total. The van der Waals surface area contributed by atoms with E-state index in [9.17, 15) is 0 Å². The van der Waals surface area contributed by atoms with Crippen LogP contribution in [0.1, 0.15) is 16.0 Å². The minimum atomic E-state index is 0.593. The number of anilines is 1. The first-order chi connectivity index (χ1) is 8.02. The van der Waals surface area contributed by atoms with Crippen LogP contribution in [0.2, 0.25) is 0 Å². The Morgan fingerprint density at radius 3 is 2.53 bits per heavy atom. The second-order valence-corrected chi connectivity index (χ2v) is 5.86. The second-order valence-electron chi connectivity index (χ2n) is 3.93. The van der Waals surface area contributed by atoms with Crippen molar-refractivity contribution in [1.29, 1.82) is 5.26 Å². The van der Waals surface area contributed by atoms with Crippen LogP contribution in [0.4, 0.5) is 5.69 Å². The van der Waals surface area contributed by atoms with Crippen molar-refractivity contribution in [1.82, 2.24) is 0 Å². The van der Waals surface area contributed by atoms with Gasteiger partial charge in [0.25, 0.3) is 0 Å². The summed E-state index contributed by atoms with van der Waals surface area (Å²) in [5.74, 6) is 0. The van der Waals surface area contributed by atoms with Gasteiger partial charge in [0.15, 0.2) is 0 Å². The first-order valence-electron chi connectivity index (χ1n) is 5.09. The van der Waals surface area contributed by atoms with Crippen molar-refractivity contribution in [3.05, 3.63) is 38.7 Å². The highest BCUT2D eigenvalue weighted by atomic mass is 79.9. The van der Waals surface area contributed by atoms with Gasteiger partial charge in [-0.05, 0) is 42.7 Å². The normalized spacial score (nSPS) is 10.2. The fourth-order valence-electron chi connectivity index (χ4n) is 1.75. The summed E-state index contributed by atoms with van der Waals surface area (Å²) in [4.78, 5) is 1.67. The van der Waals surface area contributed by atoms with E-state index in [0.29, 0.717) is 10.6 Å². The van der Waals surface area contributed by atoms with Gasteiger partial charge in [-0.25, -0.2) is 0 Å². The monoisotopic (exact) mass is 306 g/mol. The molecule has 0 radical (unpaired) electrons. The van der Waals surface area contributed by atoms with E-state index in [1.807, 2.05) is 19.9 Å². The van der Waals surface area contributed by atoms with Crippen molar-refractivity contribution < 1.29 is 0 Å². The minimum absolute atomic E-state index is 0.593. The minimum Gasteiger partial charge on any atom is -0.397 e. The fourth-order valence-corrected chi connectivity index (χ4v) is 3.37. The van der Waals surface area contributed by atoms with Gasteiger partial charge in [0.2, 0.25) is 0 Å². The van der Waals surface area contributed by atoms with E-state index in [1.54, 1.807) is 0 Å². The highest BCUT2D eigenvalue weighted by Gasteiger charge is 2.14. The fraction of sp³-hybridized carbons (Fsp3) is 0.154. The molecule has 0 amide bonds. The zero-order valence-electron chi connectivity index (χ0n) is 9.54. The lowest BCUT2D eigenvalue weighted by Crippen LogP contribution is -1.87. The number of rotatable bonds is 1. The van der Waals surface area contributed by atoms with Crippen LogP contribution >= 0.6 is 27.3 Å². The number of hydrogen-bond donors (Lipinski definition) is 1. The van der Waals surface area contributed by atoms with Crippen LogP contribution in [0.5, 0.6) is 0 Å². The highest BCUT2D eigenvalue weighted by Crippen LogP contribution is 2.38. The van der Waals surface area contributed by atoms with Crippen molar-refractivity contribution in [2.24, 2.45) is 0 Å². The van der Waals surface area contributed by atoms with Gasteiger partial charge in [-0.2, -0.15) is 5.26 Å². The zero-order valence-corrected chi connectivity index (χ0v) is 11.9. The summed E-state index contributed by atoms with van der Waals surface area (Å²) < 4.78 is 1.04. The molecule has 86 valence electrons. The van der Waals surface area contributed by atoms with Gasteiger partial charge in [0.1, 0.15) is 10.9 Å². The van der Waals surface area contributed by atoms with Gasteiger partial charge in [0, 0.05) is 9.35 Å². The number of nitrogen functional groups attached to an aromatic ring is 1. The van der Waals surface area contributed by atoms with Crippen molar-refractivity contribution in [3.8, 4) is 16.5 Å². The van der Waals surface area contributed by atoms with Crippen molar-refractivity contribution >= 4 is 33.0 Å². The summed E-state index contributed by atoms with van der Waals surface area (Å²) in [6, 6.07) is 8.34. The molecule has 0 bridgehead atoms. The Hall–Kier alpha value is -1.31. The standard InChI is InChI=1S/C13H11BrN2S/c1-7-3-9(5-10(14)4-7)13-8(2)12(16)11(6-15)17-13/h3-5H,16H2,1-2H3. The average Bonchev–Trinajstić information content (AvgIpc) is 2.54. The molecule has 1 aromatic carbocycles. The van der Waals surface area contributed by atoms with Crippen LogP contribution < -0.4 is 5.73 Å². The van der Waals surface area contributed by atoms with Crippen LogP contribution in [0.15, 0.2) is 22.7 Å². The molecule has 0 fully saturated rings. The van der Waals surface area contributed by atoms with Gasteiger partial charge in [-0.15, -0.1) is 11.3 Å². The summed E-state index contributed by atoms with van der Waals surface area (Å²) in [5, 5.41) is 8.98. The van der Waals surface area contributed by atoms with Crippen molar-refractivity contribution in [2.75, 3.05) is 5.73 Å². The number of benzene rings is 1. The molecule has 17 heavy (non-hydrogen) atoms. The molecule has 0 aliphatic rings. The first-order valence-corrected chi connectivity index (χ1v) is 6.70. The smallest absolute Gasteiger partial charge is 0.128 e. The molecule has 2 aromatic rings. The Morgan fingerprint density at radius 1 is 1.29 bits per heavy atom. The third kappa shape index (κ3) is 2.21. The van der Waals surface area contributed by atoms with E-state index in [-0.39, 0.29) is 0 Å². The van der Waals surface area contributed by atoms with Crippen LogP contribution in [0.3, 0.4) is 0 Å². The predicted octanol–water partition coefficient (Wildman–Crippen LogP) is 4.25. The molecular formula is C13H11BrN2S. The van der Waals surface area contributed by atoms with Crippen LogP contribution in [-0.2, 0) is 0 Å². The number of halogens is 1. The average molecular weight is 307 g/mol. The van der Waals surface area contributed by atoms with Crippen LogP contribution in [-0.4, -0.2) is 0 Å². The molecule has 0 aliphatic heterocycles. The summed E-state index contributed by atoms with van der Waals surface area (Å²) in [5.41, 5.74) is 9.78. The Balaban J connectivity index is 2.65. The SMILES string of the molecule is Cc1cc(Br)cc(-c2sc(C#N)c(N)c2C)c1. The van der Waals surface area contributed by atoms with E-state index in [2.05, 4.69) is 34.1 Å². The Labute approximate surface area is 113 Å². The molecule has 2 nitrogen and oxygen atoms in total. The Morgan fingerprint density at radius 2 is 2.00 bits per heavy atom. The third-order valence-corrected chi connectivity index (χ3v) is 4.32. The lowest BCUT2D eigenvalue weighted by Gasteiger charge is -2.03. The van der Waals surface area contributed by atoms with Crippen LogP contribution in [0.25, 0.3) is 10.4 Å². The van der Waals surface area contributed by atoms with Gasteiger partial charge >= 0.3 is 0 Å². The molecule has 2 rings (SSSR count). The summed E-state index contributed by atoms with van der Waals surface area (Å²) in [6.07, 6.45) is 0. The third-order valence-electron chi connectivity index (χ3n) is 2.60. The molecule has 0 saturated heterocycles. The molecule has 0 unspecified atom stereocenters. The highest BCUT2D eigenvalue weighted by molar-refractivity contribution is 9.10. The van der Waals surface area contributed by atoms with Gasteiger partial charge in [-0.1, -0.05) is 22.0 Å². The quantitative estimate of drug-likeness (QED) is 0.856. The summed E-state index contributed by atoms with van der Waals surface area (Å²) >= 11 is 4.94. The largest absolute Gasteiger partial charge is 0.397 e. The lowest BCUT2D eigenvalue weighted by atomic mass is 10.1.